The van der Waals surface area contributed by atoms with E-state index in [1.54, 1.807) is 7.11 Å². The lowest BCUT2D eigenvalue weighted by Gasteiger charge is -2.14. The quantitative estimate of drug-likeness (QED) is 0.366. The van der Waals surface area contributed by atoms with Gasteiger partial charge in [0.05, 0.1) is 12.7 Å². The second-order valence-electron chi connectivity index (χ2n) is 5.15. The zero-order valence-electron chi connectivity index (χ0n) is 13.7. The highest BCUT2D eigenvalue weighted by Gasteiger charge is 2.17. The minimum atomic E-state index is -0.665. The van der Waals surface area contributed by atoms with Crippen molar-refractivity contribution in [1.29, 1.82) is 0 Å². The number of nitrogens with one attached hydrogen (secondary N) is 1. The number of esters is 1. The second-order valence-corrected chi connectivity index (χ2v) is 5.15. The molecule has 0 bridgehead atoms. The topological polar surface area (TPSA) is 94.1 Å². The number of hydrogen-bond acceptors (Lipinski definition) is 6. The van der Waals surface area contributed by atoms with E-state index in [2.05, 4.69) is 10.1 Å². The molecule has 126 valence electrons. The summed E-state index contributed by atoms with van der Waals surface area (Å²) in [5, 5.41) is 10.8. The number of hydrogen-bond donors (Lipinski definition) is 2. The van der Waals surface area contributed by atoms with E-state index in [1.807, 2.05) is 20.8 Å². The predicted octanol–water partition coefficient (Wildman–Crippen LogP) is 0.494. The van der Waals surface area contributed by atoms with Crippen molar-refractivity contribution < 1.29 is 28.9 Å². The highest BCUT2D eigenvalue weighted by Crippen LogP contribution is 2.02. The van der Waals surface area contributed by atoms with Crippen LogP contribution in [-0.2, 0) is 23.8 Å². The molecule has 2 N–H and O–H groups in total. The monoisotopic (exact) mass is 307 g/mol. The molecule has 0 rings (SSSR count). The van der Waals surface area contributed by atoms with Crippen LogP contribution in [0.3, 0.4) is 0 Å². The van der Waals surface area contributed by atoms with Crippen molar-refractivity contribution in [2.24, 2.45) is 0 Å². The van der Waals surface area contributed by atoms with Gasteiger partial charge < -0.3 is 24.6 Å². The van der Waals surface area contributed by atoms with Crippen molar-refractivity contribution in [3.63, 3.8) is 0 Å². The van der Waals surface area contributed by atoms with Gasteiger partial charge in [0.1, 0.15) is 6.04 Å². The third-order valence-electron chi connectivity index (χ3n) is 2.36. The molecule has 0 heterocycles. The summed E-state index contributed by atoms with van der Waals surface area (Å²) in [6, 6.07) is -0.665. The standard InChI is InChI=1S/C9H17NO5.C5H12O/c1-14-9(13)8(10-7-12)3-6-15-5-2-4-11;1-5(2,3)6-4/h7-8,11H,2-6H2,1H3,(H,10,12);1-4H3. The summed E-state index contributed by atoms with van der Waals surface area (Å²) in [6.45, 7) is 6.91. The van der Waals surface area contributed by atoms with Crippen molar-refractivity contribution in [2.75, 3.05) is 34.0 Å². The van der Waals surface area contributed by atoms with E-state index in [0.717, 1.165) is 0 Å². The molecule has 7 heteroatoms. The Morgan fingerprint density at radius 1 is 1.29 bits per heavy atom. The second kappa shape index (κ2) is 13.8. The molecule has 1 atom stereocenters. The van der Waals surface area contributed by atoms with Crippen LogP contribution in [0.25, 0.3) is 0 Å². The Kier molecular flexibility index (Phi) is 14.5. The molecular formula is C14H29NO6. The van der Waals surface area contributed by atoms with Crippen molar-refractivity contribution in [3.05, 3.63) is 0 Å². The summed E-state index contributed by atoms with van der Waals surface area (Å²) >= 11 is 0. The molecule has 0 aromatic heterocycles. The number of amides is 1. The molecule has 0 aromatic rings. The first-order valence-electron chi connectivity index (χ1n) is 6.83. The Labute approximate surface area is 126 Å². The summed E-state index contributed by atoms with van der Waals surface area (Å²) < 4.78 is 14.5. The van der Waals surface area contributed by atoms with Gasteiger partial charge in [0.2, 0.25) is 6.41 Å². The van der Waals surface area contributed by atoms with Crippen molar-refractivity contribution >= 4 is 12.4 Å². The van der Waals surface area contributed by atoms with Gasteiger partial charge in [0, 0.05) is 33.4 Å². The number of carbonyl (C=O) groups excluding carboxylic acids is 2. The summed E-state index contributed by atoms with van der Waals surface area (Å²) in [6.07, 6.45) is 1.37. The molecule has 7 nitrogen and oxygen atoms in total. The average Bonchev–Trinajstić information content (AvgIpc) is 2.45. The lowest BCUT2D eigenvalue weighted by atomic mass is 10.2. The zero-order chi connectivity index (χ0) is 16.7. The molecule has 0 aliphatic carbocycles. The van der Waals surface area contributed by atoms with Crippen LogP contribution in [0.5, 0.6) is 0 Å². The van der Waals surface area contributed by atoms with Gasteiger partial charge in [0.25, 0.3) is 0 Å². The Bertz CT molecular complexity index is 265. The van der Waals surface area contributed by atoms with E-state index >= 15 is 0 Å². The van der Waals surface area contributed by atoms with Crippen LogP contribution in [0.4, 0.5) is 0 Å². The van der Waals surface area contributed by atoms with Gasteiger partial charge in [-0.2, -0.15) is 0 Å². The van der Waals surface area contributed by atoms with Gasteiger partial charge >= 0.3 is 5.97 Å². The molecule has 0 aromatic carbocycles. The van der Waals surface area contributed by atoms with Crippen LogP contribution >= 0.6 is 0 Å². The van der Waals surface area contributed by atoms with Gasteiger partial charge in [-0.25, -0.2) is 4.79 Å². The maximum atomic E-state index is 11.1. The van der Waals surface area contributed by atoms with Crippen LogP contribution in [0.2, 0.25) is 0 Å². The third kappa shape index (κ3) is 16.8. The number of aliphatic hydroxyl groups excluding tert-OH is 1. The van der Waals surface area contributed by atoms with Crippen molar-refractivity contribution in [2.45, 2.75) is 45.3 Å². The molecule has 0 saturated carbocycles. The smallest absolute Gasteiger partial charge is 0.328 e. The molecule has 0 aliphatic rings. The summed E-state index contributed by atoms with van der Waals surface area (Å²) in [4.78, 5) is 21.3. The van der Waals surface area contributed by atoms with E-state index in [0.29, 0.717) is 32.5 Å². The SMILES string of the molecule is COC(=O)C(CCOCCCO)NC=O.COC(C)(C)C. The Morgan fingerprint density at radius 2 is 1.86 bits per heavy atom. The number of methoxy groups -OCH3 is 2. The highest BCUT2D eigenvalue weighted by atomic mass is 16.5. The first-order chi connectivity index (χ1) is 9.82. The van der Waals surface area contributed by atoms with E-state index in [9.17, 15) is 9.59 Å². The van der Waals surface area contributed by atoms with Gasteiger partial charge in [-0.15, -0.1) is 0 Å². The van der Waals surface area contributed by atoms with Crippen LogP contribution in [0, 0.1) is 0 Å². The normalized spacial score (nSPS) is 11.9. The summed E-state index contributed by atoms with van der Waals surface area (Å²) in [5.41, 5.74) is 0.0417. The predicted molar refractivity (Wildman–Crippen MR) is 78.9 cm³/mol. The van der Waals surface area contributed by atoms with Crippen LogP contribution < -0.4 is 5.32 Å². The van der Waals surface area contributed by atoms with Gasteiger partial charge in [0.15, 0.2) is 0 Å². The fourth-order valence-corrected chi connectivity index (χ4v) is 0.963. The molecule has 0 fully saturated rings. The van der Waals surface area contributed by atoms with Crippen molar-refractivity contribution in [3.8, 4) is 0 Å². The van der Waals surface area contributed by atoms with Crippen molar-refractivity contribution in [1.82, 2.24) is 5.32 Å². The van der Waals surface area contributed by atoms with E-state index in [4.69, 9.17) is 14.6 Å². The third-order valence-corrected chi connectivity index (χ3v) is 2.36. The number of aliphatic hydroxyl groups is 1. The minimum absolute atomic E-state index is 0.0417. The molecular weight excluding hydrogens is 278 g/mol. The minimum Gasteiger partial charge on any atom is -0.467 e. The summed E-state index contributed by atoms with van der Waals surface area (Å²) in [7, 11) is 2.97. The zero-order valence-corrected chi connectivity index (χ0v) is 13.7. The molecule has 21 heavy (non-hydrogen) atoms. The first kappa shape index (κ1) is 22.1. The Balaban J connectivity index is 0. The van der Waals surface area contributed by atoms with Gasteiger partial charge in [-0.1, -0.05) is 0 Å². The Morgan fingerprint density at radius 3 is 2.24 bits per heavy atom. The molecule has 0 aliphatic heterocycles. The van der Waals surface area contributed by atoms with Crippen LogP contribution in [0.1, 0.15) is 33.6 Å². The van der Waals surface area contributed by atoms with Gasteiger partial charge in [-0.3, -0.25) is 4.79 Å². The lowest BCUT2D eigenvalue weighted by molar-refractivity contribution is -0.144. The van der Waals surface area contributed by atoms with E-state index in [-0.39, 0.29) is 12.2 Å². The largest absolute Gasteiger partial charge is 0.467 e. The lowest BCUT2D eigenvalue weighted by Crippen LogP contribution is -2.37. The fraction of sp³-hybridized carbons (Fsp3) is 0.857. The van der Waals surface area contributed by atoms with E-state index < -0.39 is 12.0 Å². The van der Waals surface area contributed by atoms with Crippen LogP contribution in [0.15, 0.2) is 0 Å². The molecule has 0 radical (unpaired) electrons. The Hall–Kier alpha value is -1.18. The summed E-state index contributed by atoms with van der Waals surface area (Å²) in [5.74, 6) is -0.493. The number of carbonyl (C=O) groups is 2. The number of ether oxygens (including phenoxy) is 3. The highest BCUT2D eigenvalue weighted by molar-refractivity contribution is 5.77. The molecule has 0 spiro atoms. The van der Waals surface area contributed by atoms with E-state index in [1.165, 1.54) is 7.11 Å². The van der Waals surface area contributed by atoms with Crippen LogP contribution in [-0.4, -0.2) is 63.2 Å². The first-order valence-corrected chi connectivity index (χ1v) is 6.83. The molecule has 1 amide bonds. The molecule has 0 saturated heterocycles. The maximum Gasteiger partial charge on any atom is 0.328 e. The van der Waals surface area contributed by atoms with Gasteiger partial charge in [-0.05, 0) is 27.2 Å². The molecule has 1 unspecified atom stereocenters. The number of rotatable bonds is 9. The average molecular weight is 307 g/mol. The fourth-order valence-electron chi connectivity index (χ4n) is 0.963. The maximum absolute atomic E-state index is 11.1.